The molecule has 0 radical (unpaired) electrons. The van der Waals surface area contributed by atoms with Crippen LogP contribution < -0.4 is 9.47 Å². The molecule has 0 spiro atoms. The van der Waals surface area contributed by atoms with Crippen LogP contribution in [0.25, 0.3) is 22.4 Å². The molecule has 4 rings (SSSR count). The average Bonchev–Trinajstić information content (AvgIpc) is 3.17. The number of fused-ring (bicyclic) bond motifs is 1. The first-order valence-corrected chi connectivity index (χ1v) is 9.28. The summed E-state index contributed by atoms with van der Waals surface area (Å²) in [4.78, 5) is 22.1. The van der Waals surface area contributed by atoms with Crippen molar-refractivity contribution >= 4 is 16.9 Å². The molecule has 1 aliphatic heterocycles. The van der Waals surface area contributed by atoms with Gasteiger partial charge in [-0.3, -0.25) is 4.79 Å². The second-order valence-electron chi connectivity index (χ2n) is 6.70. The van der Waals surface area contributed by atoms with Gasteiger partial charge < -0.3 is 19.4 Å². The number of methoxy groups -OCH3 is 1. The van der Waals surface area contributed by atoms with E-state index in [1.165, 1.54) is 6.42 Å². The zero-order chi connectivity index (χ0) is 18.6. The fourth-order valence-electron chi connectivity index (χ4n) is 3.40. The molecule has 6 nitrogen and oxygen atoms in total. The summed E-state index contributed by atoms with van der Waals surface area (Å²) in [6.45, 7) is 1.68. The highest BCUT2D eigenvalue weighted by Crippen LogP contribution is 2.32. The molecule has 2 aromatic carbocycles. The molecule has 0 aliphatic carbocycles. The van der Waals surface area contributed by atoms with E-state index in [4.69, 9.17) is 9.47 Å². The van der Waals surface area contributed by atoms with Crippen LogP contribution in [0.1, 0.15) is 19.3 Å². The van der Waals surface area contributed by atoms with E-state index in [-0.39, 0.29) is 12.5 Å². The molecular formula is C21H23N3O3. The molecule has 0 bridgehead atoms. The van der Waals surface area contributed by atoms with Gasteiger partial charge in [0, 0.05) is 18.7 Å². The van der Waals surface area contributed by atoms with Crippen molar-refractivity contribution in [3.05, 3.63) is 42.5 Å². The topological polar surface area (TPSA) is 67.5 Å². The highest BCUT2D eigenvalue weighted by atomic mass is 16.5. The fraction of sp³-hybridized carbons (Fsp3) is 0.333. The molecular weight excluding hydrogens is 342 g/mol. The smallest absolute Gasteiger partial charge is 0.260 e. The number of hydrogen-bond donors (Lipinski definition) is 1. The number of amides is 1. The SMILES string of the molecule is COc1cc(-c2nc3ccccc3[nH]2)ccc1OCC(=O)N1CCCCC1. The number of imidazole rings is 1. The first-order chi connectivity index (χ1) is 13.2. The maximum atomic E-state index is 12.3. The Kier molecular flexibility index (Phi) is 4.96. The summed E-state index contributed by atoms with van der Waals surface area (Å²) < 4.78 is 11.2. The summed E-state index contributed by atoms with van der Waals surface area (Å²) in [6, 6.07) is 13.5. The summed E-state index contributed by atoms with van der Waals surface area (Å²) >= 11 is 0. The molecule has 2 heterocycles. The lowest BCUT2D eigenvalue weighted by Gasteiger charge is -2.26. The minimum Gasteiger partial charge on any atom is -0.493 e. The summed E-state index contributed by atoms with van der Waals surface area (Å²) in [7, 11) is 1.59. The van der Waals surface area contributed by atoms with E-state index in [0.717, 1.165) is 48.4 Å². The number of likely N-dealkylation sites (tertiary alicyclic amines) is 1. The van der Waals surface area contributed by atoms with E-state index in [2.05, 4.69) is 9.97 Å². The highest BCUT2D eigenvalue weighted by molar-refractivity contribution is 5.80. The fourth-order valence-corrected chi connectivity index (χ4v) is 3.40. The predicted molar refractivity (Wildman–Crippen MR) is 104 cm³/mol. The number of rotatable bonds is 5. The molecule has 3 aromatic rings. The number of para-hydroxylation sites is 2. The van der Waals surface area contributed by atoms with Crippen LogP contribution >= 0.6 is 0 Å². The van der Waals surface area contributed by atoms with Gasteiger partial charge in [-0.25, -0.2) is 4.98 Å². The molecule has 0 saturated carbocycles. The van der Waals surface area contributed by atoms with Gasteiger partial charge in [-0.2, -0.15) is 0 Å². The number of carbonyl (C=O) groups is 1. The number of nitrogens with zero attached hydrogens (tertiary/aromatic N) is 2. The molecule has 140 valence electrons. The van der Waals surface area contributed by atoms with Crippen LogP contribution in [0.15, 0.2) is 42.5 Å². The number of H-pyrrole nitrogens is 1. The molecule has 1 aliphatic rings. The Morgan fingerprint density at radius 1 is 1.11 bits per heavy atom. The van der Waals surface area contributed by atoms with Crippen molar-refractivity contribution in [2.45, 2.75) is 19.3 Å². The van der Waals surface area contributed by atoms with Gasteiger partial charge in [0.25, 0.3) is 5.91 Å². The lowest BCUT2D eigenvalue weighted by molar-refractivity contribution is -0.134. The Hall–Kier alpha value is -3.02. The number of benzene rings is 2. The van der Waals surface area contributed by atoms with Crippen molar-refractivity contribution in [1.29, 1.82) is 0 Å². The van der Waals surface area contributed by atoms with Gasteiger partial charge in [0.2, 0.25) is 0 Å². The number of piperidine rings is 1. The lowest BCUT2D eigenvalue weighted by atomic mass is 10.1. The van der Waals surface area contributed by atoms with Crippen LogP contribution in [0.3, 0.4) is 0 Å². The monoisotopic (exact) mass is 365 g/mol. The summed E-state index contributed by atoms with van der Waals surface area (Å²) in [5.41, 5.74) is 2.80. The first kappa shape index (κ1) is 17.4. The Bertz CT molecular complexity index is 912. The summed E-state index contributed by atoms with van der Waals surface area (Å²) in [5.74, 6) is 1.94. The van der Waals surface area contributed by atoms with Gasteiger partial charge in [-0.05, 0) is 49.6 Å². The van der Waals surface area contributed by atoms with Crippen LogP contribution in [0.2, 0.25) is 0 Å². The van der Waals surface area contributed by atoms with Gasteiger partial charge >= 0.3 is 0 Å². The zero-order valence-electron chi connectivity index (χ0n) is 15.4. The Balaban J connectivity index is 1.50. The average molecular weight is 365 g/mol. The normalized spacial score (nSPS) is 14.3. The van der Waals surface area contributed by atoms with E-state index < -0.39 is 0 Å². The standard InChI is InChI=1S/C21H23N3O3/c1-26-19-13-15(21-22-16-7-3-4-8-17(16)23-21)9-10-18(19)27-14-20(25)24-11-5-2-6-12-24/h3-4,7-10,13H,2,5-6,11-12,14H2,1H3,(H,22,23). The summed E-state index contributed by atoms with van der Waals surface area (Å²) in [5, 5.41) is 0. The van der Waals surface area contributed by atoms with Crippen LogP contribution in [-0.2, 0) is 4.79 Å². The summed E-state index contributed by atoms with van der Waals surface area (Å²) in [6.07, 6.45) is 3.34. The minimum absolute atomic E-state index is 0.0260. The van der Waals surface area contributed by atoms with Crippen molar-refractivity contribution in [3.63, 3.8) is 0 Å². The van der Waals surface area contributed by atoms with Crippen LogP contribution in [-0.4, -0.2) is 47.6 Å². The molecule has 6 heteroatoms. The van der Waals surface area contributed by atoms with Gasteiger partial charge in [-0.1, -0.05) is 12.1 Å². The first-order valence-electron chi connectivity index (χ1n) is 9.28. The molecule has 0 unspecified atom stereocenters. The van der Waals surface area contributed by atoms with Crippen molar-refractivity contribution in [2.75, 3.05) is 26.8 Å². The van der Waals surface area contributed by atoms with E-state index >= 15 is 0 Å². The van der Waals surface area contributed by atoms with Gasteiger partial charge in [-0.15, -0.1) is 0 Å². The van der Waals surface area contributed by atoms with Crippen LogP contribution in [0.4, 0.5) is 0 Å². The second kappa shape index (κ2) is 7.70. The van der Waals surface area contributed by atoms with Crippen molar-refractivity contribution in [2.24, 2.45) is 0 Å². The Morgan fingerprint density at radius 2 is 1.93 bits per heavy atom. The van der Waals surface area contributed by atoms with Crippen molar-refractivity contribution in [3.8, 4) is 22.9 Å². The molecule has 1 fully saturated rings. The largest absolute Gasteiger partial charge is 0.493 e. The molecule has 1 saturated heterocycles. The number of aromatic amines is 1. The van der Waals surface area contributed by atoms with E-state index in [1.54, 1.807) is 7.11 Å². The Labute approximate surface area is 158 Å². The third-order valence-corrected chi connectivity index (χ3v) is 4.89. The maximum absolute atomic E-state index is 12.3. The maximum Gasteiger partial charge on any atom is 0.260 e. The third kappa shape index (κ3) is 3.74. The van der Waals surface area contributed by atoms with Gasteiger partial charge in [0.1, 0.15) is 5.82 Å². The number of hydrogen-bond acceptors (Lipinski definition) is 4. The molecule has 1 amide bonds. The minimum atomic E-state index is 0.0260. The number of carbonyl (C=O) groups excluding carboxylic acids is 1. The van der Waals surface area contributed by atoms with E-state index in [9.17, 15) is 4.79 Å². The number of nitrogens with one attached hydrogen (secondary N) is 1. The van der Waals surface area contributed by atoms with Crippen LogP contribution in [0.5, 0.6) is 11.5 Å². The second-order valence-corrected chi connectivity index (χ2v) is 6.70. The predicted octanol–water partition coefficient (Wildman–Crippen LogP) is 3.63. The Morgan fingerprint density at radius 3 is 2.70 bits per heavy atom. The third-order valence-electron chi connectivity index (χ3n) is 4.89. The molecule has 1 N–H and O–H groups in total. The molecule has 0 atom stereocenters. The highest BCUT2D eigenvalue weighted by Gasteiger charge is 2.18. The van der Waals surface area contributed by atoms with E-state index in [0.29, 0.717) is 11.5 Å². The van der Waals surface area contributed by atoms with Gasteiger partial charge in [0.15, 0.2) is 18.1 Å². The molecule has 1 aromatic heterocycles. The number of aromatic nitrogens is 2. The lowest BCUT2D eigenvalue weighted by Crippen LogP contribution is -2.38. The van der Waals surface area contributed by atoms with Crippen LogP contribution in [0, 0.1) is 0 Å². The van der Waals surface area contributed by atoms with E-state index in [1.807, 2.05) is 47.4 Å². The molecule has 27 heavy (non-hydrogen) atoms. The quantitative estimate of drug-likeness (QED) is 0.750. The zero-order valence-corrected chi connectivity index (χ0v) is 15.4. The van der Waals surface area contributed by atoms with Gasteiger partial charge in [0.05, 0.1) is 18.1 Å². The number of ether oxygens (including phenoxy) is 2. The van der Waals surface area contributed by atoms with Crippen molar-refractivity contribution < 1.29 is 14.3 Å². The van der Waals surface area contributed by atoms with Crippen molar-refractivity contribution in [1.82, 2.24) is 14.9 Å².